The number of amides is 1. The van der Waals surface area contributed by atoms with Crippen molar-refractivity contribution in [2.45, 2.75) is 39.4 Å². The second kappa shape index (κ2) is 9.13. The molecule has 2 aromatic rings. The summed E-state index contributed by atoms with van der Waals surface area (Å²) < 4.78 is 1.36. The third kappa shape index (κ3) is 5.83. The Bertz CT molecular complexity index is 751. The van der Waals surface area contributed by atoms with Crippen molar-refractivity contribution >= 4 is 5.91 Å². The van der Waals surface area contributed by atoms with Gasteiger partial charge < -0.3 is 10.2 Å². The van der Waals surface area contributed by atoms with E-state index in [0.717, 1.165) is 24.9 Å². The summed E-state index contributed by atoms with van der Waals surface area (Å²) in [7, 11) is 4.06. The second-order valence-corrected chi connectivity index (χ2v) is 6.37. The highest BCUT2D eigenvalue weighted by atomic mass is 16.2. The van der Waals surface area contributed by atoms with Crippen molar-refractivity contribution in [1.29, 1.82) is 0 Å². The molecule has 0 radical (unpaired) electrons. The lowest BCUT2D eigenvalue weighted by Gasteiger charge is -2.10. The molecule has 0 fully saturated rings. The van der Waals surface area contributed by atoms with E-state index in [1.165, 1.54) is 22.4 Å². The number of carbonyl (C=O) groups is 1. The predicted molar refractivity (Wildman–Crippen MR) is 98.4 cm³/mol. The molecule has 1 N–H and O–H groups in total. The van der Waals surface area contributed by atoms with Crippen LogP contribution in [0.4, 0.5) is 0 Å². The van der Waals surface area contributed by atoms with Gasteiger partial charge in [0.15, 0.2) is 0 Å². The second-order valence-electron chi connectivity index (χ2n) is 6.37. The number of nitrogens with one attached hydrogen (secondary N) is 1. The third-order valence-corrected chi connectivity index (χ3v) is 3.80. The Labute approximate surface area is 148 Å². The first-order chi connectivity index (χ1) is 12.0. The average Bonchev–Trinajstić information content (AvgIpc) is 2.59. The number of benzene rings is 1. The third-order valence-electron chi connectivity index (χ3n) is 3.80. The highest BCUT2D eigenvalue weighted by Crippen LogP contribution is 2.06. The molecule has 1 aromatic carbocycles. The molecule has 6 nitrogen and oxygen atoms in total. The predicted octanol–water partition coefficient (Wildman–Crippen LogP) is 2.04. The van der Waals surface area contributed by atoms with Crippen LogP contribution in [0, 0.1) is 0 Å². The van der Waals surface area contributed by atoms with Crippen molar-refractivity contribution in [1.82, 2.24) is 20.0 Å². The van der Waals surface area contributed by atoms with Crippen molar-refractivity contribution in [3.63, 3.8) is 0 Å². The van der Waals surface area contributed by atoms with Crippen molar-refractivity contribution in [2.24, 2.45) is 0 Å². The van der Waals surface area contributed by atoms with Crippen LogP contribution < -0.4 is 10.9 Å². The van der Waals surface area contributed by atoms with Gasteiger partial charge in [-0.1, -0.05) is 37.6 Å². The Morgan fingerprint density at radius 1 is 1.12 bits per heavy atom. The number of hydrogen-bond acceptors (Lipinski definition) is 4. The minimum Gasteiger partial charge on any atom is -0.347 e. The van der Waals surface area contributed by atoms with Crippen molar-refractivity contribution in [3.05, 3.63) is 63.6 Å². The molecule has 0 atom stereocenters. The summed E-state index contributed by atoms with van der Waals surface area (Å²) in [6.07, 6.45) is 1.83. The van der Waals surface area contributed by atoms with Crippen LogP contribution in [0.2, 0.25) is 0 Å². The zero-order chi connectivity index (χ0) is 18.2. The van der Waals surface area contributed by atoms with Gasteiger partial charge >= 0.3 is 0 Å². The molecule has 0 bridgehead atoms. The van der Waals surface area contributed by atoms with Crippen LogP contribution in [0.15, 0.2) is 41.2 Å². The molecule has 0 spiro atoms. The Hall–Kier alpha value is -2.47. The fourth-order valence-corrected chi connectivity index (χ4v) is 2.44. The maximum Gasteiger partial charge on any atom is 0.271 e. The number of aromatic nitrogens is 2. The van der Waals surface area contributed by atoms with Gasteiger partial charge in [0.25, 0.3) is 11.5 Å². The van der Waals surface area contributed by atoms with E-state index in [0.29, 0.717) is 13.1 Å². The van der Waals surface area contributed by atoms with E-state index in [2.05, 4.69) is 27.4 Å². The molecule has 0 saturated heterocycles. The first-order valence-electron chi connectivity index (χ1n) is 8.58. The van der Waals surface area contributed by atoms with E-state index >= 15 is 0 Å². The fraction of sp³-hybridized carbons (Fsp3) is 0.421. The molecule has 0 aliphatic carbocycles. The fourth-order valence-electron chi connectivity index (χ4n) is 2.44. The van der Waals surface area contributed by atoms with Crippen molar-refractivity contribution in [3.8, 4) is 0 Å². The minimum absolute atomic E-state index is 0.179. The van der Waals surface area contributed by atoms with Gasteiger partial charge in [-0.05, 0) is 37.7 Å². The summed E-state index contributed by atoms with van der Waals surface area (Å²) in [6.45, 7) is 3.89. The lowest BCUT2D eigenvalue weighted by Crippen LogP contribution is -2.29. The molecule has 1 aromatic heterocycles. The standard InChI is InChI=1S/C19H26N4O2/c1-4-5-12-23-18(24)11-10-17(21-23)19(25)20-13-15-6-8-16(9-7-15)14-22(2)3/h6-11H,4-5,12-14H2,1-3H3,(H,20,25). The highest BCUT2D eigenvalue weighted by molar-refractivity contribution is 5.91. The van der Waals surface area contributed by atoms with E-state index < -0.39 is 0 Å². The topological polar surface area (TPSA) is 67.2 Å². The van der Waals surface area contributed by atoms with Gasteiger partial charge in [0.2, 0.25) is 0 Å². The summed E-state index contributed by atoms with van der Waals surface area (Å²) in [5, 5.41) is 7.01. The van der Waals surface area contributed by atoms with E-state index in [-0.39, 0.29) is 17.2 Å². The van der Waals surface area contributed by atoms with Gasteiger partial charge in [-0.3, -0.25) is 9.59 Å². The van der Waals surface area contributed by atoms with Gasteiger partial charge in [-0.2, -0.15) is 5.10 Å². The Kier molecular flexibility index (Phi) is 6.89. The molecule has 1 amide bonds. The van der Waals surface area contributed by atoms with Gasteiger partial charge in [0.05, 0.1) is 0 Å². The normalized spacial score (nSPS) is 10.9. The monoisotopic (exact) mass is 342 g/mol. The summed E-state index contributed by atoms with van der Waals surface area (Å²) in [4.78, 5) is 26.1. The van der Waals surface area contributed by atoms with Gasteiger partial charge in [-0.25, -0.2) is 4.68 Å². The van der Waals surface area contributed by atoms with Crippen LogP contribution in [0.1, 0.15) is 41.4 Å². The first-order valence-corrected chi connectivity index (χ1v) is 8.58. The molecular weight excluding hydrogens is 316 g/mol. The lowest BCUT2D eigenvalue weighted by molar-refractivity contribution is 0.0943. The van der Waals surface area contributed by atoms with E-state index in [9.17, 15) is 9.59 Å². The van der Waals surface area contributed by atoms with Crippen LogP contribution in [0.5, 0.6) is 0 Å². The Morgan fingerprint density at radius 2 is 1.80 bits per heavy atom. The van der Waals surface area contributed by atoms with Crippen LogP contribution >= 0.6 is 0 Å². The number of rotatable bonds is 8. The smallest absolute Gasteiger partial charge is 0.271 e. The molecular formula is C19H26N4O2. The molecule has 0 aliphatic rings. The van der Waals surface area contributed by atoms with E-state index in [1.807, 2.05) is 33.2 Å². The van der Waals surface area contributed by atoms with Crippen molar-refractivity contribution in [2.75, 3.05) is 14.1 Å². The van der Waals surface area contributed by atoms with Crippen molar-refractivity contribution < 1.29 is 4.79 Å². The quantitative estimate of drug-likeness (QED) is 0.797. The first kappa shape index (κ1) is 18.9. The zero-order valence-corrected chi connectivity index (χ0v) is 15.2. The minimum atomic E-state index is -0.275. The van der Waals surface area contributed by atoms with E-state index in [1.54, 1.807) is 0 Å². The maximum absolute atomic E-state index is 12.3. The van der Waals surface area contributed by atoms with Crippen LogP contribution in [-0.4, -0.2) is 34.7 Å². The van der Waals surface area contributed by atoms with Crippen LogP contribution in [0.3, 0.4) is 0 Å². The Morgan fingerprint density at radius 3 is 2.44 bits per heavy atom. The highest BCUT2D eigenvalue weighted by Gasteiger charge is 2.09. The molecule has 25 heavy (non-hydrogen) atoms. The summed E-state index contributed by atoms with van der Waals surface area (Å²) in [5.74, 6) is -0.275. The molecule has 0 saturated carbocycles. The average molecular weight is 342 g/mol. The van der Waals surface area contributed by atoms with Gasteiger partial charge in [0.1, 0.15) is 5.69 Å². The number of unbranched alkanes of at least 4 members (excludes halogenated alkanes) is 1. The van der Waals surface area contributed by atoms with E-state index in [4.69, 9.17) is 0 Å². The maximum atomic E-state index is 12.3. The number of aryl methyl sites for hydroxylation is 1. The Balaban J connectivity index is 1.96. The lowest BCUT2D eigenvalue weighted by atomic mass is 10.1. The number of carbonyl (C=O) groups excluding carboxylic acids is 1. The molecule has 134 valence electrons. The number of hydrogen-bond donors (Lipinski definition) is 1. The summed E-state index contributed by atoms with van der Waals surface area (Å²) in [6, 6.07) is 11.0. The summed E-state index contributed by atoms with van der Waals surface area (Å²) in [5.41, 5.74) is 2.33. The van der Waals surface area contributed by atoms with Crippen LogP contribution in [0.25, 0.3) is 0 Å². The molecule has 0 aliphatic heterocycles. The molecule has 1 heterocycles. The summed E-state index contributed by atoms with van der Waals surface area (Å²) >= 11 is 0. The SMILES string of the molecule is CCCCn1nc(C(=O)NCc2ccc(CN(C)C)cc2)ccc1=O. The largest absolute Gasteiger partial charge is 0.347 e. The van der Waals surface area contributed by atoms with Gasteiger partial charge in [0, 0.05) is 25.7 Å². The number of nitrogens with zero attached hydrogens (tertiary/aromatic N) is 3. The molecule has 2 rings (SSSR count). The van der Waals surface area contributed by atoms with Crippen LogP contribution in [-0.2, 0) is 19.6 Å². The molecule has 6 heteroatoms. The zero-order valence-electron chi connectivity index (χ0n) is 15.2. The van der Waals surface area contributed by atoms with Gasteiger partial charge in [-0.15, -0.1) is 0 Å². The molecule has 0 unspecified atom stereocenters.